The van der Waals surface area contributed by atoms with Gasteiger partial charge in [0.25, 0.3) is 5.91 Å². The van der Waals surface area contributed by atoms with Crippen LogP contribution in [0.3, 0.4) is 0 Å². The van der Waals surface area contributed by atoms with Crippen molar-refractivity contribution in [2.75, 3.05) is 13.1 Å². The van der Waals surface area contributed by atoms with Crippen LogP contribution in [-0.4, -0.2) is 49.9 Å². The molecular weight excluding hydrogens is 421 g/mol. The molecule has 2 amide bonds. The maximum Gasteiger partial charge on any atom is 0.275 e. The third-order valence-electron chi connectivity index (χ3n) is 5.61. The highest BCUT2D eigenvalue weighted by Gasteiger charge is 2.41. The number of imidazole rings is 1. The molecular formula is C22H23ClFN5O2. The van der Waals surface area contributed by atoms with E-state index in [9.17, 15) is 14.0 Å². The number of aromatic nitrogens is 3. The Balaban J connectivity index is 1.81. The minimum Gasteiger partial charge on any atom is -0.352 e. The molecule has 3 heterocycles. The molecule has 0 atom stereocenters. The molecule has 0 unspecified atom stereocenters. The summed E-state index contributed by atoms with van der Waals surface area (Å²) in [4.78, 5) is 31.6. The SMILES string of the molecule is CC(C)c1cc(-c2ccc(F)c(Cl)c2)nn2cc(C(=O)N3CCNC(=O)C3(C)C)nc12. The molecule has 162 valence electrons. The first-order valence-electron chi connectivity index (χ1n) is 10.1. The first-order chi connectivity index (χ1) is 14.6. The largest absolute Gasteiger partial charge is 0.352 e. The number of nitrogens with zero attached hydrogens (tertiary/aromatic N) is 4. The number of hydrogen-bond donors (Lipinski definition) is 1. The minimum atomic E-state index is -0.977. The van der Waals surface area contributed by atoms with Crippen LogP contribution in [0.1, 0.15) is 49.7 Å². The lowest BCUT2D eigenvalue weighted by Crippen LogP contribution is -2.63. The van der Waals surface area contributed by atoms with Crippen molar-refractivity contribution in [2.45, 2.75) is 39.2 Å². The first-order valence-corrected chi connectivity index (χ1v) is 10.4. The van der Waals surface area contributed by atoms with Crippen molar-refractivity contribution in [3.63, 3.8) is 0 Å². The molecule has 1 aliphatic heterocycles. The zero-order chi connectivity index (χ0) is 22.5. The van der Waals surface area contributed by atoms with E-state index in [1.807, 2.05) is 19.9 Å². The Labute approximate surface area is 184 Å². The van der Waals surface area contributed by atoms with E-state index in [1.54, 1.807) is 30.6 Å². The molecule has 0 saturated carbocycles. The second-order valence-electron chi connectivity index (χ2n) is 8.43. The van der Waals surface area contributed by atoms with E-state index in [0.29, 0.717) is 30.0 Å². The second-order valence-corrected chi connectivity index (χ2v) is 8.84. The van der Waals surface area contributed by atoms with E-state index in [1.165, 1.54) is 17.0 Å². The zero-order valence-corrected chi connectivity index (χ0v) is 18.5. The Morgan fingerprint density at radius 3 is 2.71 bits per heavy atom. The predicted molar refractivity (Wildman–Crippen MR) is 116 cm³/mol. The number of piperazine rings is 1. The topological polar surface area (TPSA) is 79.6 Å². The molecule has 0 aliphatic carbocycles. The van der Waals surface area contributed by atoms with Crippen LogP contribution >= 0.6 is 11.6 Å². The molecule has 4 rings (SSSR count). The Kier molecular flexibility index (Phi) is 5.21. The van der Waals surface area contributed by atoms with Crippen LogP contribution in [0.15, 0.2) is 30.5 Å². The van der Waals surface area contributed by atoms with Crippen molar-refractivity contribution in [3.05, 3.63) is 52.6 Å². The highest BCUT2D eigenvalue weighted by Crippen LogP contribution is 2.29. The molecule has 1 fully saturated rings. The summed E-state index contributed by atoms with van der Waals surface area (Å²) >= 11 is 5.95. The van der Waals surface area contributed by atoms with Gasteiger partial charge in [-0.2, -0.15) is 5.10 Å². The van der Waals surface area contributed by atoms with Crippen LogP contribution < -0.4 is 5.32 Å². The van der Waals surface area contributed by atoms with Gasteiger partial charge in [0.2, 0.25) is 5.91 Å². The molecule has 0 spiro atoms. The highest BCUT2D eigenvalue weighted by molar-refractivity contribution is 6.31. The number of nitrogens with one attached hydrogen (secondary N) is 1. The fourth-order valence-corrected chi connectivity index (χ4v) is 3.90. The molecule has 31 heavy (non-hydrogen) atoms. The third kappa shape index (κ3) is 3.65. The number of benzene rings is 1. The van der Waals surface area contributed by atoms with Crippen molar-refractivity contribution in [2.24, 2.45) is 0 Å². The summed E-state index contributed by atoms with van der Waals surface area (Å²) < 4.78 is 15.2. The van der Waals surface area contributed by atoms with Crippen LogP contribution in [0.4, 0.5) is 4.39 Å². The summed E-state index contributed by atoms with van der Waals surface area (Å²) in [6.07, 6.45) is 1.57. The summed E-state index contributed by atoms with van der Waals surface area (Å²) in [6, 6.07) is 6.30. The zero-order valence-electron chi connectivity index (χ0n) is 17.7. The molecule has 1 aliphatic rings. The van der Waals surface area contributed by atoms with E-state index in [0.717, 1.165) is 5.56 Å². The van der Waals surface area contributed by atoms with Crippen LogP contribution in [0.2, 0.25) is 5.02 Å². The first kappa shape index (κ1) is 21.2. The lowest BCUT2D eigenvalue weighted by atomic mass is 9.98. The smallest absolute Gasteiger partial charge is 0.275 e. The molecule has 3 aromatic rings. The fourth-order valence-electron chi connectivity index (χ4n) is 3.72. The quantitative estimate of drug-likeness (QED) is 0.670. The second kappa shape index (κ2) is 7.60. The highest BCUT2D eigenvalue weighted by atomic mass is 35.5. The number of rotatable bonds is 3. The molecule has 1 saturated heterocycles. The fraction of sp³-hybridized carbons (Fsp3) is 0.364. The summed E-state index contributed by atoms with van der Waals surface area (Å²) in [6.45, 7) is 8.25. The van der Waals surface area contributed by atoms with Crippen molar-refractivity contribution < 1.29 is 14.0 Å². The normalized spacial score (nSPS) is 16.1. The Morgan fingerprint density at radius 2 is 2.03 bits per heavy atom. The van der Waals surface area contributed by atoms with Crippen molar-refractivity contribution >= 4 is 29.1 Å². The average Bonchev–Trinajstić information content (AvgIpc) is 3.15. The molecule has 0 radical (unpaired) electrons. The summed E-state index contributed by atoms with van der Waals surface area (Å²) in [5, 5.41) is 7.38. The van der Waals surface area contributed by atoms with Crippen LogP contribution in [-0.2, 0) is 4.79 Å². The minimum absolute atomic E-state index is 0.0117. The van der Waals surface area contributed by atoms with Gasteiger partial charge in [-0.1, -0.05) is 25.4 Å². The molecule has 1 N–H and O–H groups in total. The number of hydrogen-bond acceptors (Lipinski definition) is 4. The van der Waals surface area contributed by atoms with E-state index in [-0.39, 0.29) is 28.4 Å². The average molecular weight is 444 g/mol. The Morgan fingerprint density at radius 1 is 1.29 bits per heavy atom. The lowest BCUT2D eigenvalue weighted by Gasteiger charge is -2.40. The van der Waals surface area contributed by atoms with Crippen molar-refractivity contribution in [3.8, 4) is 11.3 Å². The lowest BCUT2D eigenvalue weighted by molar-refractivity contribution is -0.133. The van der Waals surface area contributed by atoms with Gasteiger partial charge in [0, 0.05) is 24.2 Å². The number of halogens is 2. The number of carbonyl (C=O) groups is 2. The van der Waals surface area contributed by atoms with Gasteiger partial charge in [0.15, 0.2) is 5.65 Å². The molecule has 9 heteroatoms. The van der Waals surface area contributed by atoms with Gasteiger partial charge in [0.05, 0.1) is 16.9 Å². The van der Waals surface area contributed by atoms with Gasteiger partial charge >= 0.3 is 0 Å². The van der Waals surface area contributed by atoms with E-state index in [2.05, 4.69) is 15.4 Å². The van der Waals surface area contributed by atoms with E-state index >= 15 is 0 Å². The Hall–Kier alpha value is -3.00. The van der Waals surface area contributed by atoms with Gasteiger partial charge in [-0.15, -0.1) is 0 Å². The van der Waals surface area contributed by atoms with Crippen LogP contribution in [0.25, 0.3) is 16.9 Å². The summed E-state index contributed by atoms with van der Waals surface area (Å²) in [7, 11) is 0. The standard InChI is InChI=1S/C22H23ClFN5O2/c1-12(2)14-10-17(13-5-6-16(24)15(23)9-13)27-29-11-18(26-19(14)29)20(30)28-8-7-25-21(31)22(28,3)4/h5-6,9-12H,7-8H2,1-4H3,(H,25,31). The summed E-state index contributed by atoms with van der Waals surface area (Å²) in [5.41, 5.74) is 1.94. The van der Waals surface area contributed by atoms with E-state index < -0.39 is 11.4 Å². The van der Waals surface area contributed by atoms with Crippen LogP contribution in [0, 0.1) is 5.82 Å². The van der Waals surface area contributed by atoms with Crippen molar-refractivity contribution in [1.29, 1.82) is 0 Å². The maximum absolute atomic E-state index is 13.6. The molecule has 1 aromatic carbocycles. The predicted octanol–water partition coefficient (Wildman–Crippen LogP) is 3.66. The number of fused-ring (bicyclic) bond motifs is 1. The van der Waals surface area contributed by atoms with Crippen molar-refractivity contribution in [1.82, 2.24) is 24.8 Å². The maximum atomic E-state index is 13.6. The van der Waals surface area contributed by atoms with Gasteiger partial charge in [-0.05, 0) is 44.0 Å². The van der Waals surface area contributed by atoms with Gasteiger partial charge in [-0.3, -0.25) is 9.59 Å². The Bertz CT molecular complexity index is 1200. The molecule has 0 bridgehead atoms. The monoisotopic (exact) mass is 443 g/mol. The van der Waals surface area contributed by atoms with Gasteiger partial charge < -0.3 is 10.2 Å². The van der Waals surface area contributed by atoms with E-state index in [4.69, 9.17) is 11.6 Å². The van der Waals surface area contributed by atoms with Crippen LogP contribution in [0.5, 0.6) is 0 Å². The molecule has 7 nitrogen and oxygen atoms in total. The van der Waals surface area contributed by atoms with Gasteiger partial charge in [-0.25, -0.2) is 13.9 Å². The number of amides is 2. The number of carbonyl (C=O) groups excluding carboxylic acids is 2. The molecule has 2 aromatic heterocycles. The third-order valence-corrected chi connectivity index (χ3v) is 5.90. The summed E-state index contributed by atoms with van der Waals surface area (Å²) in [5.74, 6) is -0.930. The van der Waals surface area contributed by atoms with Gasteiger partial charge in [0.1, 0.15) is 17.1 Å².